The quantitative estimate of drug-likeness (QED) is 0.712. The highest BCUT2D eigenvalue weighted by Gasteiger charge is 2.42. The number of thiophene rings is 1. The third-order valence-electron chi connectivity index (χ3n) is 6.57. The maximum atomic E-state index is 13.3. The van der Waals surface area contributed by atoms with Crippen molar-refractivity contribution in [2.45, 2.75) is 57.5 Å². The van der Waals surface area contributed by atoms with Crippen LogP contribution in [0.4, 0.5) is 13.2 Å². The summed E-state index contributed by atoms with van der Waals surface area (Å²) >= 11 is 1.38. The number of allylic oxidation sites excluding steroid dienone is 1. The molecule has 2 aromatic rings. The number of carboxylic acids is 1. The normalized spacial score (nSPS) is 22.8. The van der Waals surface area contributed by atoms with E-state index in [1.165, 1.54) is 11.3 Å². The molecule has 2 bridgehead atoms. The minimum absolute atomic E-state index is 0.0564. The van der Waals surface area contributed by atoms with Crippen LogP contribution in [-0.2, 0) is 35.0 Å². The van der Waals surface area contributed by atoms with E-state index >= 15 is 0 Å². The second-order valence-electron chi connectivity index (χ2n) is 8.36. The number of carbonyl (C=O) groups excluding carboxylic acids is 1. The van der Waals surface area contributed by atoms with Crippen LogP contribution in [0.3, 0.4) is 0 Å². The lowest BCUT2D eigenvalue weighted by Gasteiger charge is -2.38. The first-order valence-corrected chi connectivity index (χ1v) is 11.1. The Bertz CT molecular complexity index is 1110. The summed E-state index contributed by atoms with van der Waals surface area (Å²) in [6, 6.07) is 0. The lowest BCUT2D eigenvalue weighted by atomic mass is 9.65. The third kappa shape index (κ3) is 3.40. The van der Waals surface area contributed by atoms with Gasteiger partial charge in [-0.25, -0.2) is 4.79 Å². The van der Waals surface area contributed by atoms with Crippen LogP contribution in [0, 0.1) is 11.8 Å². The summed E-state index contributed by atoms with van der Waals surface area (Å²) < 4.78 is 43.9. The fraction of sp³-hybridized carbons (Fsp3) is 0.524. The van der Waals surface area contributed by atoms with E-state index in [1.807, 2.05) is 0 Å². The van der Waals surface area contributed by atoms with Gasteiger partial charge in [-0.15, -0.1) is 11.3 Å². The molecule has 1 fully saturated rings. The molecule has 0 aromatic carbocycles. The number of halogens is 3. The summed E-state index contributed by atoms with van der Waals surface area (Å²) in [5.41, 5.74) is 1.92. The molecule has 31 heavy (non-hydrogen) atoms. The van der Waals surface area contributed by atoms with Crippen LogP contribution in [0.2, 0.25) is 0 Å². The van der Waals surface area contributed by atoms with Gasteiger partial charge in [0.05, 0.1) is 5.56 Å². The number of hydrogen-bond acceptors (Lipinski definition) is 6. The van der Waals surface area contributed by atoms with Crippen molar-refractivity contribution in [1.29, 1.82) is 0 Å². The zero-order valence-corrected chi connectivity index (χ0v) is 17.2. The van der Waals surface area contributed by atoms with E-state index in [0.29, 0.717) is 22.4 Å². The molecular formula is C21H19F3N2O4S. The molecule has 0 atom stereocenters. The smallest absolute Gasteiger partial charge is 0.455 e. The highest BCUT2D eigenvalue weighted by molar-refractivity contribution is 7.12. The van der Waals surface area contributed by atoms with Crippen molar-refractivity contribution in [2.24, 2.45) is 11.8 Å². The standard InChI is InChI=1S/C21H19F3N2O4S/c22-21(23,24)20-25-18(30-26-20)17-11-2-1-3-13(11)31-14(17)8-12(27)15-9-4-6-10(7-5-9)16(15)19(28)29/h9-10H,1-8H2,(H,28,29). The molecule has 1 N–H and O–H groups in total. The van der Waals surface area contributed by atoms with Crippen molar-refractivity contribution >= 4 is 23.1 Å². The van der Waals surface area contributed by atoms with Crippen molar-refractivity contribution in [3.05, 3.63) is 32.3 Å². The first kappa shape index (κ1) is 20.4. The number of rotatable bonds is 5. The fourth-order valence-electron chi connectivity index (χ4n) is 5.29. The van der Waals surface area contributed by atoms with E-state index in [4.69, 9.17) is 4.52 Å². The minimum Gasteiger partial charge on any atom is -0.478 e. The first-order chi connectivity index (χ1) is 14.7. The van der Waals surface area contributed by atoms with Crippen molar-refractivity contribution in [1.82, 2.24) is 10.1 Å². The van der Waals surface area contributed by atoms with Crippen molar-refractivity contribution < 1.29 is 32.4 Å². The van der Waals surface area contributed by atoms with Crippen LogP contribution in [0.5, 0.6) is 0 Å². The molecule has 6 nitrogen and oxygen atoms in total. The maximum absolute atomic E-state index is 13.3. The van der Waals surface area contributed by atoms with Crippen LogP contribution in [-0.4, -0.2) is 27.0 Å². The Morgan fingerprint density at radius 1 is 1.10 bits per heavy atom. The molecule has 6 rings (SSSR count). The lowest BCUT2D eigenvalue weighted by molar-refractivity contribution is -0.146. The summed E-state index contributed by atoms with van der Waals surface area (Å²) in [5.74, 6) is -3.04. The number of aryl methyl sites for hydroxylation is 1. The van der Waals surface area contributed by atoms with Crippen LogP contribution in [0.15, 0.2) is 15.7 Å². The van der Waals surface area contributed by atoms with Crippen molar-refractivity contribution in [2.75, 3.05) is 0 Å². The molecule has 4 aliphatic rings. The average Bonchev–Trinajstić information content (AvgIpc) is 3.43. The number of aliphatic carboxylic acids is 1. The Hall–Kier alpha value is -2.49. The summed E-state index contributed by atoms with van der Waals surface area (Å²) in [6.07, 6.45) is 0.714. The molecule has 0 aliphatic heterocycles. The number of carbonyl (C=O) groups is 2. The van der Waals surface area contributed by atoms with Crippen LogP contribution in [0.1, 0.15) is 53.2 Å². The average molecular weight is 452 g/mol. The third-order valence-corrected chi connectivity index (χ3v) is 7.87. The molecule has 2 aromatic heterocycles. The van der Waals surface area contributed by atoms with E-state index in [9.17, 15) is 27.9 Å². The van der Waals surface area contributed by atoms with Gasteiger partial charge < -0.3 is 9.63 Å². The maximum Gasteiger partial charge on any atom is 0.455 e. The highest BCUT2D eigenvalue weighted by Crippen LogP contribution is 2.47. The zero-order valence-electron chi connectivity index (χ0n) is 16.4. The van der Waals surface area contributed by atoms with Gasteiger partial charge in [-0.1, -0.05) is 5.16 Å². The second-order valence-corrected chi connectivity index (χ2v) is 9.55. The summed E-state index contributed by atoms with van der Waals surface area (Å²) in [4.78, 5) is 30.3. The Morgan fingerprint density at radius 2 is 1.77 bits per heavy atom. The minimum atomic E-state index is -4.72. The van der Waals surface area contributed by atoms with E-state index in [-0.39, 0.29) is 35.5 Å². The highest BCUT2D eigenvalue weighted by atomic mass is 32.1. The van der Waals surface area contributed by atoms with Crippen molar-refractivity contribution in [3.63, 3.8) is 0 Å². The second kappa shape index (κ2) is 7.29. The topological polar surface area (TPSA) is 93.3 Å². The van der Waals surface area contributed by atoms with E-state index in [1.54, 1.807) is 0 Å². The number of carboxylic acid groups (broad SMARTS) is 1. The van der Waals surface area contributed by atoms with Gasteiger partial charge in [0.2, 0.25) is 0 Å². The molecule has 0 radical (unpaired) electrons. The van der Waals surface area contributed by atoms with Crippen molar-refractivity contribution in [3.8, 4) is 11.5 Å². The molecule has 0 unspecified atom stereocenters. The van der Waals surface area contributed by atoms with Gasteiger partial charge in [-0.2, -0.15) is 18.2 Å². The van der Waals surface area contributed by atoms with Gasteiger partial charge >= 0.3 is 12.1 Å². The first-order valence-electron chi connectivity index (χ1n) is 10.3. The molecular weight excluding hydrogens is 433 g/mol. The van der Waals surface area contributed by atoms with Gasteiger partial charge in [0, 0.05) is 27.3 Å². The van der Waals surface area contributed by atoms with Gasteiger partial charge in [-0.05, 0) is 62.3 Å². The van der Waals surface area contributed by atoms with Gasteiger partial charge in [0.25, 0.3) is 11.7 Å². The summed E-state index contributed by atoms with van der Waals surface area (Å²) in [6.45, 7) is 0. The van der Waals surface area contributed by atoms with Crippen LogP contribution >= 0.6 is 11.3 Å². The number of ketones is 1. The number of alkyl halides is 3. The molecule has 0 amide bonds. The lowest BCUT2D eigenvalue weighted by Crippen LogP contribution is -2.34. The van der Waals surface area contributed by atoms with Gasteiger partial charge in [0.1, 0.15) is 0 Å². The number of nitrogens with zero attached hydrogens (tertiary/aromatic N) is 2. The molecule has 10 heteroatoms. The Morgan fingerprint density at radius 3 is 2.39 bits per heavy atom. The zero-order chi connectivity index (χ0) is 21.9. The number of fused-ring (bicyclic) bond motifs is 3. The number of Topliss-reactive ketones (excluding diaryl/α,β-unsaturated/α-hetero) is 1. The van der Waals surface area contributed by atoms with E-state index < -0.39 is 18.0 Å². The number of aromatic nitrogens is 2. The van der Waals surface area contributed by atoms with Gasteiger partial charge in [0.15, 0.2) is 5.78 Å². The SMILES string of the molecule is O=C(O)C1=C(C(=O)Cc2sc3c(c2-c2nc(C(F)(F)F)no2)CCC3)C2CCC1CC2. The molecule has 0 saturated heterocycles. The Balaban J connectivity index is 1.53. The Labute approximate surface area is 179 Å². The Kier molecular flexibility index (Phi) is 4.80. The molecule has 164 valence electrons. The van der Waals surface area contributed by atoms with E-state index in [0.717, 1.165) is 49.0 Å². The summed E-state index contributed by atoms with van der Waals surface area (Å²) in [5, 5.41) is 12.8. The van der Waals surface area contributed by atoms with E-state index in [2.05, 4.69) is 10.1 Å². The summed E-state index contributed by atoms with van der Waals surface area (Å²) in [7, 11) is 0. The monoisotopic (exact) mass is 452 g/mol. The largest absolute Gasteiger partial charge is 0.478 e. The van der Waals surface area contributed by atoms with Crippen LogP contribution in [0.25, 0.3) is 11.5 Å². The number of hydrogen-bond donors (Lipinski definition) is 1. The predicted molar refractivity (Wildman–Crippen MR) is 103 cm³/mol. The molecule has 0 spiro atoms. The fourth-order valence-corrected chi connectivity index (χ4v) is 6.68. The molecule has 1 saturated carbocycles. The predicted octanol–water partition coefficient (Wildman–Crippen LogP) is 4.62. The van der Waals surface area contributed by atoms with Crippen LogP contribution < -0.4 is 0 Å². The van der Waals surface area contributed by atoms with Gasteiger partial charge in [-0.3, -0.25) is 4.79 Å². The molecule has 2 heterocycles. The molecule has 4 aliphatic carbocycles.